The maximum atomic E-state index is 2.52. The Bertz CT molecular complexity index is 4650. The molecule has 13 aromatic carbocycles. The summed E-state index contributed by atoms with van der Waals surface area (Å²) in [5.41, 5.74) is 28.1. The molecule has 0 amide bonds. The highest BCUT2D eigenvalue weighted by atomic mass is 14.4. The Hall–Kier alpha value is -9.10. The zero-order valence-corrected chi connectivity index (χ0v) is 45.1. The summed E-state index contributed by atoms with van der Waals surface area (Å²) in [4.78, 5) is 0. The predicted molar refractivity (Wildman–Crippen MR) is 334 cm³/mol. The van der Waals surface area contributed by atoms with Crippen molar-refractivity contribution in [3.8, 4) is 89.0 Å². The summed E-state index contributed by atoms with van der Waals surface area (Å²) in [7, 11) is 0. The molecular formula is C78H58. The largest absolute Gasteiger partial charge is 0.0622 e. The molecule has 0 radical (unpaired) electrons. The first-order valence-electron chi connectivity index (χ1n) is 27.7. The number of fused-ring (bicyclic) bond motifs is 10. The first-order chi connectivity index (χ1) is 38.0. The fraction of sp³-hybridized carbons (Fsp3) is 0.103. The van der Waals surface area contributed by atoms with Crippen LogP contribution in [0.5, 0.6) is 0 Å². The molecule has 2 aliphatic carbocycles. The topological polar surface area (TPSA) is 0 Å². The highest BCUT2D eigenvalue weighted by Gasteiger charge is 2.38. The molecule has 15 rings (SSSR count). The van der Waals surface area contributed by atoms with Crippen LogP contribution in [0.4, 0.5) is 0 Å². The van der Waals surface area contributed by atoms with E-state index in [1.165, 1.54) is 165 Å². The third-order valence-corrected chi connectivity index (χ3v) is 17.9. The van der Waals surface area contributed by atoms with Gasteiger partial charge in [-0.25, -0.2) is 0 Å². The lowest BCUT2D eigenvalue weighted by Gasteiger charge is -2.24. The zero-order valence-electron chi connectivity index (χ0n) is 45.1. The molecule has 0 fully saturated rings. The fourth-order valence-electron chi connectivity index (χ4n) is 14.1. The van der Waals surface area contributed by atoms with E-state index in [2.05, 4.69) is 284 Å². The minimum Gasteiger partial charge on any atom is -0.0622 e. The average molecular weight is 995 g/mol. The molecule has 370 valence electrons. The normalized spacial score (nSPS) is 13.7. The van der Waals surface area contributed by atoms with Crippen molar-refractivity contribution in [3.63, 3.8) is 0 Å². The van der Waals surface area contributed by atoms with Crippen molar-refractivity contribution in [2.45, 2.75) is 52.4 Å². The van der Waals surface area contributed by atoms with E-state index in [4.69, 9.17) is 0 Å². The summed E-state index contributed by atoms with van der Waals surface area (Å²) in [5.74, 6) is 0. The van der Waals surface area contributed by atoms with Crippen molar-refractivity contribution in [3.05, 3.63) is 276 Å². The van der Waals surface area contributed by atoms with E-state index < -0.39 is 0 Å². The maximum Gasteiger partial charge on any atom is 0.0159 e. The van der Waals surface area contributed by atoms with Crippen molar-refractivity contribution in [2.75, 3.05) is 0 Å². The molecule has 13 aromatic rings. The lowest BCUT2D eigenvalue weighted by molar-refractivity contribution is 0.660. The number of benzene rings is 13. The third kappa shape index (κ3) is 6.85. The molecule has 0 saturated heterocycles. The smallest absolute Gasteiger partial charge is 0.0159 e. The third-order valence-electron chi connectivity index (χ3n) is 17.9. The van der Waals surface area contributed by atoms with Crippen molar-refractivity contribution < 1.29 is 0 Å². The van der Waals surface area contributed by atoms with E-state index in [0.29, 0.717) is 0 Å². The number of hydrogen-bond donors (Lipinski definition) is 0. The summed E-state index contributed by atoms with van der Waals surface area (Å²) in [6.07, 6.45) is 0. The van der Waals surface area contributed by atoms with Gasteiger partial charge in [-0.2, -0.15) is 0 Å². The SMILES string of the molecule is Cc1ccc2c(-c3ccc4c(c3)C(C)(C)c3cc(-c5ccc6c(c5)C(C)(C)c5cc(-c7c8ccccc8c(-c8ccccc8)c8c(-c9ccccc9)cccc78)ccc5-6)ccc3-4)c3cc(C)ccc3c(-c3ccccc3)c2c1. The average Bonchev–Trinajstić information content (AvgIpc) is 4.02. The Kier molecular flexibility index (Phi) is 10.2. The minimum absolute atomic E-state index is 0.211. The molecule has 0 heteroatoms. The van der Waals surface area contributed by atoms with Crippen LogP contribution in [0.2, 0.25) is 0 Å². The van der Waals surface area contributed by atoms with Gasteiger partial charge in [-0.15, -0.1) is 0 Å². The predicted octanol–water partition coefficient (Wildman–Crippen LogP) is 21.5. The molecule has 2 aliphatic rings. The van der Waals surface area contributed by atoms with Gasteiger partial charge in [0, 0.05) is 10.8 Å². The van der Waals surface area contributed by atoms with Gasteiger partial charge in [0.1, 0.15) is 0 Å². The van der Waals surface area contributed by atoms with Crippen molar-refractivity contribution in [1.82, 2.24) is 0 Å². The number of aryl methyl sites for hydroxylation is 2. The Morgan fingerprint density at radius 1 is 0.218 bits per heavy atom. The molecule has 0 N–H and O–H groups in total. The van der Waals surface area contributed by atoms with E-state index in [0.717, 1.165) is 0 Å². The molecule has 0 spiro atoms. The summed E-state index contributed by atoms with van der Waals surface area (Å²) in [5, 5.41) is 10.3. The van der Waals surface area contributed by atoms with Crippen LogP contribution in [0.1, 0.15) is 61.1 Å². The molecule has 0 aromatic heterocycles. The standard InChI is InChI=1S/C78H58/c1-47-30-36-64-66(41-47)72(50-21-12-8-13-22-50)63-35-29-48(2)42-67(63)74(64)55-34-40-60-58-38-32-53(44-69(58)78(5,6)71(60)46-55)52-31-37-57-59-39-33-54(45-70(59)77(3,4)68(57)43-52)73-61-25-16-17-26-62(61)75(51-23-14-9-15-24-51)76-56(27-18-28-65(73)76)49-19-10-7-11-20-49/h7-46H,1-6H3. The molecule has 0 atom stereocenters. The van der Waals surface area contributed by atoms with E-state index in [1.54, 1.807) is 0 Å². The molecular weight excluding hydrogens is 937 g/mol. The zero-order chi connectivity index (χ0) is 52.6. The molecule has 0 heterocycles. The second-order valence-electron chi connectivity index (χ2n) is 23.3. The monoisotopic (exact) mass is 994 g/mol. The molecule has 78 heavy (non-hydrogen) atoms. The Balaban J connectivity index is 0.820. The van der Waals surface area contributed by atoms with E-state index >= 15 is 0 Å². The molecule has 0 nitrogen and oxygen atoms in total. The van der Waals surface area contributed by atoms with Gasteiger partial charge >= 0.3 is 0 Å². The molecule has 0 saturated carbocycles. The molecule has 0 aliphatic heterocycles. The fourth-order valence-corrected chi connectivity index (χ4v) is 14.1. The lowest BCUT2D eigenvalue weighted by Crippen LogP contribution is -2.15. The van der Waals surface area contributed by atoms with Gasteiger partial charge in [0.05, 0.1) is 0 Å². The highest BCUT2D eigenvalue weighted by Crippen LogP contribution is 2.56. The Labute approximate surface area is 458 Å². The van der Waals surface area contributed by atoms with Gasteiger partial charge in [-0.3, -0.25) is 0 Å². The summed E-state index contributed by atoms with van der Waals surface area (Å²) < 4.78 is 0. The van der Waals surface area contributed by atoms with Gasteiger partial charge < -0.3 is 0 Å². The molecule has 0 unspecified atom stereocenters. The van der Waals surface area contributed by atoms with Crippen molar-refractivity contribution in [1.29, 1.82) is 0 Å². The van der Waals surface area contributed by atoms with Crippen LogP contribution in [0.25, 0.3) is 132 Å². The van der Waals surface area contributed by atoms with Crippen LogP contribution in [0, 0.1) is 13.8 Å². The van der Waals surface area contributed by atoms with E-state index in [9.17, 15) is 0 Å². The van der Waals surface area contributed by atoms with Crippen molar-refractivity contribution >= 4 is 43.1 Å². The van der Waals surface area contributed by atoms with Gasteiger partial charge in [0.15, 0.2) is 0 Å². The number of rotatable bonds is 6. The van der Waals surface area contributed by atoms with Crippen LogP contribution in [-0.4, -0.2) is 0 Å². The van der Waals surface area contributed by atoms with Gasteiger partial charge in [-0.1, -0.05) is 257 Å². The number of hydrogen-bond acceptors (Lipinski definition) is 0. The Morgan fingerprint density at radius 3 is 1.04 bits per heavy atom. The summed E-state index contributed by atoms with van der Waals surface area (Å²) >= 11 is 0. The van der Waals surface area contributed by atoms with Crippen molar-refractivity contribution in [2.24, 2.45) is 0 Å². The Morgan fingerprint density at radius 2 is 0.564 bits per heavy atom. The summed E-state index contributed by atoms with van der Waals surface area (Å²) in [6, 6.07) is 91.9. The van der Waals surface area contributed by atoms with Gasteiger partial charge in [-0.05, 0) is 192 Å². The minimum atomic E-state index is -0.227. The highest BCUT2D eigenvalue weighted by molar-refractivity contribution is 6.25. The van der Waals surface area contributed by atoms with Crippen LogP contribution < -0.4 is 0 Å². The van der Waals surface area contributed by atoms with Crippen LogP contribution in [0.3, 0.4) is 0 Å². The quantitative estimate of drug-likeness (QED) is 0.146. The van der Waals surface area contributed by atoms with Crippen LogP contribution in [-0.2, 0) is 10.8 Å². The molecule has 0 bridgehead atoms. The van der Waals surface area contributed by atoms with Gasteiger partial charge in [0.2, 0.25) is 0 Å². The van der Waals surface area contributed by atoms with Crippen LogP contribution in [0.15, 0.2) is 243 Å². The second kappa shape index (κ2) is 17.2. The first-order valence-corrected chi connectivity index (χ1v) is 27.7. The second-order valence-corrected chi connectivity index (χ2v) is 23.3. The van der Waals surface area contributed by atoms with Crippen LogP contribution >= 0.6 is 0 Å². The lowest BCUT2D eigenvalue weighted by atomic mass is 9.79. The summed E-state index contributed by atoms with van der Waals surface area (Å²) in [6.45, 7) is 14.1. The van der Waals surface area contributed by atoms with Gasteiger partial charge in [0.25, 0.3) is 0 Å². The van der Waals surface area contributed by atoms with E-state index in [1.807, 2.05) is 0 Å². The van der Waals surface area contributed by atoms with E-state index in [-0.39, 0.29) is 10.8 Å². The first kappa shape index (κ1) is 46.2. The maximum absolute atomic E-state index is 2.52.